The Hall–Kier alpha value is -2.07. The van der Waals surface area contributed by atoms with Gasteiger partial charge < -0.3 is 9.64 Å². The van der Waals surface area contributed by atoms with Crippen LogP contribution in [0, 0.1) is 20.8 Å². The van der Waals surface area contributed by atoms with Crippen molar-refractivity contribution in [3.05, 3.63) is 57.3 Å². The van der Waals surface area contributed by atoms with E-state index >= 15 is 0 Å². The molecule has 0 bridgehead atoms. The monoisotopic (exact) mass is 431 g/mol. The van der Waals surface area contributed by atoms with Crippen LogP contribution in [0.2, 0.25) is 0 Å². The molecule has 0 radical (unpaired) electrons. The molecular formula is C19H18IN3O. The first kappa shape index (κ1) is 16.8. The molecule has 5 heteroatoms. The second-order valence-electron chi connectivity index (χ2n) is 5.81. The first-order chi connectivity index (χ1) is 11.6. The van der Waals surface area contributed by atoms with Gasteiger partial charge in [-0.2, -0.15) is 5.26 Å². The molecule has 0 amide bonds. The maximum absolute atomic E-state index is 9.25. The Morgan fingerprint density at radius 3 is 3.00 bits per heavy atom. The molecule has 2 aliphatic rings. The fraction of sp³-hybridized carbons (Fsp3) is 0.263. The number of benzene rings is 1. The summed E-state index contributed by atoms with van der Waals surface area (Å²) in [5, 5.41) is 9.25. The molecule has 1 aromatic carbocycles. The van der Waals surface area contributed by atoms with Crippen LogP contribution in [0.5, 0.6) is 5.75 Å². The van der Waals surface area contributed by atoms with E-state index in [9.17, 15) is 5.26 Å². The van der Waals surface area contributed by atoms with Gasteiger partial charge in [0, 0.05) is 30.9 Å². The number of likely N-dealkylation sites (N-methyl/N-ethyl adjacent to an activating group) is 1. The van der Waals surface area contributed by atoms with E-state index in [-0.39, 0.29) is 5.92 Å². The number of halogens is 1. The normalized spacial score (nSPS) is 18.8. The molecule has 4 nitrogen and oxygen atoms in total. The molecule has 0 fully saturated rings. The van der Waals surface area contributed by atoms with E-state index in [1.807, 2.05) is 24.3 Å². The van der Waals surface area contributed by atoms with Gasteiger partial charge in [-0.05, 0) is 64.9 Å². The molecule has 1 unspecified atom stereocenters. The van der Waals surface area contributed by atoms with Crippen molar-refractivity contribution >= 4 is 34.0 Å². The van der Waals surface area contributed by atoms with Crippen molar-refractivity contribution in [3.8, 4) is 11.8 Å². The molecule has 0 aromatic heterocycles. The summed E-state index contributed by atoms with van der Waals surface area (Å²) in [6.45, 7) is 0.763. The standard InChI is InChI=1S/C19H18IN3O/c1-23(15-7-8-19(24-2)17(20)10-15)12-13-9-14(11-21)22-18-6-4-3-5-16(13)18/h3-4,6-10,16H,5,12H2,1-2H3. The van der Waals surface area contributed by atoms with E-state index in [1.54, 1.807) is 7.11 Å². The topological polar surface area (TPSA) is 48.6 Å². The predicted molar refractivity (Wildman–Crippen MR) is 105 cm³/mol. The van der Waals surface area contributed by atoms with Crippen LogP contribution in [0.3, 0.4) is 0 Å². The fourth-order valence-corrected chi connectivity index (χ4v) is 3.71. The zero-order valence-electron chi connectivity index (χ0n) is 13.7. The lowest BCUT2D eigenvalue weighted by Crippen LogP contribution is -2.27. The lowest BCUT2D eigenvalue weighted by atomic mass is 9.86. The first-order valence-corrected chi connectivity index (χ1v) is 8.81. The zero-order chi connectivity index (χ0) is 17.1. The third kappa shape index (κ3) is 3.39. The number of rotatable bonds is 4. The zero-order valence-corrected chi connectivity index (χ0v) is 15.8. The summed E-state index contributed by atoms with van der Waals surface area (Å²) in [6, 6.07) is 8.33. The van der Waals surface area contributed by atoms with Crippen molar-refractivity contribution in [2.75, 3.05) is 25.6 Å². The minimum absolute atomic E-state index is 0.270. The first-order valence-electron chi connectivity index (χ1n) is 7.73. The minimum Gasteiger partial charge on any atom is -0.496 e. The highest BCUT2D eigenvalue weighted by atomic mass is 127. The molecule has 1 aliphatic carbocycles. The number of anilines is 1. The van der Waals surface area contributed by atoms with Crippen LogP contribution in [-0.4, -0.2) is 26.4 Å². The third-order valence-corrected chi connectivity index (χ3v) is 5.10. The van der Waals surface area contributed by atoms with Crippen molar-refractivity contribution in [3.63, 3.8) is 0 Å². The van der Waals surface area contributed by atoms with Crippen LogP contribution < -0.4 is 9.64 Å². The Morgan fingerprint density at radius 1 is 1.46 bits per heavy atom. The van der Waals surface area contributed by atoms with Gasteiger partial charge in [0.25, 0.3) is 0 Å². The van der Waals surface area contributed by atoms with Crippen LogP contribution in [0.25, 0.3) is 0 Å². The maximum Gasteiger partial charge on any atom is 0.140 e. The SMILES string of the molecule is COc1ccc(N(C)CC2=CC(C#N)=NC3=CC=CCC23)cc1I. The number of dihydropyridines is 1. The average molecular weight is 431 g/mol. The van der Waals surface area contributed by atoms with Crippen LogP contribution in [0.15, 0.2) is 58.8 Å². The smallest absolute Gasteiger partial charge is 0.140 e. The number of methoxy groups -OCH3 is 1. The second kappa shape index (κ2) is 7.22. The van der Waals surface area contributed by atoms with E-state index in [1.165, 1.54) is 5.57 Å². The Kier molecular flexibility index (Phi) is 5.05. The van der Waals surface area contributed by atoms with Crippen LogP contribution in [0.4, 0.5) is 5.69 Å². The van der Waals surface area contributed by atoms with E-state index < -0.39 is 0 Å². The molecule has 1 aromatic rings. The number of hydrogen-bond donors (Lipinski definition) is 0. The quantitative estimate of drug-likeness (QED) is 0.675. The summed E-state index contributed by atoms with van der Waals surface area (Å²) in [4.78, 5) is 6.64. The Labute approximate surface area is 156 Å². The molecule has 0 N–H and O–H groups in total. The summed E-state index contributed by atoms with van der Waals surface area (Å²) in [7, 11) is 3.75. The van der Waals surface area contributed by atoms with Gasteiger partial charge in [0.1, 0.15) is 17.5 Å². The van der Waals surface area contributed by atoms with Gasteiger partial charge in [0.05, 0.1) is 10.7 Å². The maximum atomic E-state index is 9.25. The highest BCUT2D eigenvalue weighted by molar-refractivity contribution is 14.1. The number of aliphatic imine (C=N–C) groups is 1. The highest BCUT2D eigenvalue weighted by Crippen LogP contribution is 2.33. The van der Waals surface area contributed by atoms with Gasteiger partial charge in [0.15, 0.2) is 0 Å². The molecule has 0 spiro atoms. The van der Waals surface area contributed by atoms with Gasteiger partial charge in [-0.1, -0.05) is 12.2 Å². The van der Waals surface area contributed by atoms with Gasteiger partial charge in [-0.3, -0.25) is 0 Å². The van der Waals surface area contributed by atoms with Gasteiger partial charge in [0.2, 0.25) is 0 Å². The molecule has 1 aliphatic heterocycles. The second-order valence-corrected chi connectivity index (χ2v) is 6.97. The largest absolute Gasteiger partial charge is 0.496 e. The van der Waals surface area contributed by atoms with Gasteiger partial charge in [-0.15, -0.1) is 0 Å². The summed E-state index contributed by atoms with van der Waals surface area (Å²) < 4.78 is 6.41. The van der Waals surface area contributed by atoms with Gasteiger partial charge >= 0.3 is 0 Å². The number of ether oxygens (including phenoxy) is 1. The van der Waals surface area contributed by atoms with E-state index in [0.717, 1.165) is 33.7 Å². The average Bonchev–Trinajstić information content (AvgIpc) is 2.61. The molecule has 1 atom stereocenters. The molecule has 0 saturated carbocycles. The number of nitrogens with zero attached hydrogens (tertiary/aromatic N) is 3. The highest BCUT2D eigenvalue weighted by Gasteiger charge is 2.25. The molecule has 0 saturated heterocycles. The van der Waals surface area contributed by atoms with Crippen LogP contribution in [0.1, 0.15) is 6.42 Å². The van der Waals surface area contributed by atoms with Crippen molar-refractivity contribution in [2.24, 2.45) is 10.9 Å². The van der Waals surface area contributed by atoms with Gasteiger partial charge in [-0.25, -0.2) is 4.99 Å². The van der Waals surface area contributed by atoms with Crippen molar-refractivity contribution in [1.29, 1.82) is 5.26 Å². The minimum atomic E-state index is 0.270. The van der Waals surface area contributed by atoms with Crippen molar-refractivity contribution in [1.82, 2.24) is 0 Å². The molecule has 3 rings (SSSR count). The van der Waals surface area contributed by atoms with Crippen molar-refractivity contribution in [2.45, 2.75) is 6.42 Å². The number of nitriles is 1. The third-order valence-electron chi connectivity index (χ3n) is 4.26. The summed E-state index contributed by atoms with van der Waals surface area (Å²) in [6.07, 6.45) is 9.06. The summed E-state index contributed by atoms with van der Waals surface area (Å²) >= 11 is 2.28. The number of hydrogen-bond acceptors (Lipinski definition) is 4. The molecular weight excluding hydrogens is 413 g/mol. The molecule has 24 heavy (non-hydrogen) atoms. The molecule has 122 valence electrons. The number of allylic oxidation sites excluding steroid dienone is 5. The van der Waals surface area contributed by atoms with E-state index in [2.05, 4.69) is 63.8 Å². The van der Waals surface area contributed by atoms with E-state index in [4.69, 9.17) is 4.74 Å². The number of fused-ring (bicyclic) bond motifs is 1. The summed E-state index contributed by atoms with van der Waals surface area (Å²) in [5.74, 6) is 1.15. The molecule has 1 heterocycles. The van der Waals surface area contributed by atoms with Crippen LogP contribution in [-0.2, 0) is 0 Å². The predicted octanol–water partition coefficient (Wildman–Crippen LogP) is 4.10. The van der Waals surface area contributed by atoms with E-state index in [0.29, 0.717) is 5.71 Å². The Balaban J connectivity index is 1.84. The Bertz CT molecular complexity index is 814. The van der Waals surface area contributed by atoms with Crippen LogP contribution >= 0.6 is 22.6 Å². The fourth-order valence-electron chi connectivity index (χ4n) is 2.99. The summed E-state index contributed by atoms with van der Waals surface area (Å²) in [5.41, 5.74) is 3.83. The lowest BCUT2D eigenvalue weighted by Gasteiger charge is -2.29. The lowest BCUT2D eigenvalue weighted by molar-refractivity contribution is 0.412. The Morgan fingerprint density at radius 2 is 2.29 bits per heavy atom. The van der Waals surface area contributed by atoms with Crippen molar-refractivity contribution < 1.29 is 4.74 Å².